The number of aromatic amines is 1. The Bertz CT molecular complexity index is 1520. The van der Waals surface area contributed by atoms with Crippen LogP contribution in [0, 0.1) is 0 Å². The highest BCUT2D eigenvalue weighted by atomic mass is 79.9. The van der Waals surface area contributed by atoms with Crippen LogP contribution in [0.2, 0.25) is 0 Å². The Morgan fingerprint density at radius 1 is 0.645 bits per heavy atom. The number of para-hydroxylation sites is 2. The molecule has 0 saturated carbocycles. The lowest BCUT2D eigenvalue weighted by atomic mass is 10.2. The molecule has 31 heavy (non-hydrogen) atoms. The Kier molecular flexibility index (Phi) is 5.59. The molecule has 0 fully saturated rings. The van der Waals surface area contributed by atoms with Crippen LogP contribution in [-0.2, 0) is 6.54 Å². The second-order valence-electron chi connectivity index (χ2n) is 7.69. The molecule has 0 unspecified atom stereocenters. The molecule has 4 heteroatoms. The quantitative estimate of drug-likeness (QED) is 0.229. The van der Waals surface area contributed by atoms with Gasteiger partial charge in [0.1, 0.15) is 0 Å². The fraction of sp³-hybridized carbons (Fsp3) is 0.111. The van der Waals surface area contributed by atoms with Gasteiger partial charge >= 0.3 is 0 Å². The number of nitrogens with zero attached hydrogens (tertiary/aromatic N) is 1. The van der Waals surface area contributed by atoms with Crippen molar-refractivity contribution in [2.45, 2.75) is 19.9 Å². The number of aromatic nitrogens is 2. The van der Waals surface area contributed by atoms with Crippen molar-refractivity contribution in [2.24, 2.45) is 0 Å². The van der Waals surface area contributed by atoms with Crippen molar-refractivity contribution in [2.75, 3.05) is 0 Å². The highest BCUT2D eigenvalue weighted by Crippen LogP contribution is 2.31. The summed E-state index contributed by atoms with van der Waals surface area (Å²) in [7, 11) is 0. The first-order chi connectivity index (χ1) is 15.2. The molecule has 2 aromatic heterocycles. The number of H-pyrrole nitrogens is 1. The summed E-state index contributed by atoms with van der Waals surface area (Å²) in [4.78, 5) is 3.38. The standard InChI is InChI=1S/C15H14BrN.C12H8BrN/c1-2-9-17-14-6-4-3-5-12(14)13-10-11(16)7-8-15(13)17;13-8-5-6-12-10(7-8)9-3-1-2-4-11(9)14-12/h3-8,10H,2,9H2,1H3;1-7,14H. The first-order valence-corrected chi connectivity index (χ1v) is 12.1. The number of hydrogen-bond donors (Lipinski definition) is 1. The average molecular weight is 534 g/mol. The molecular formula is C27H22Br2N2. The Hall–Kier alpha value is -2.56. The lowest BCUT2D eigenvalue weighted by molar-refractivity contribution is 0.724. The van der Waals surface area contributed by atoms with Crippen LogP contribution in [0.3, 0.4) is 0 Å². The van der Waals surface area contributed by atoms with E-state index in [2.05, 4.69) is 127 Å². The summed E-state index contributed by atoms with van der Waals surface area (Å²) < 4.78 is 4.68. The van der Waals surface area contributed by atoms with Gasteiger partial charge in [-0.15, -0.1) is 0 Å². The molecule has 0 aliphatic heterocycles. The number of nitrogens with one attached hydrogen (secondary N) is 1. The molecule has 2 nitrogen and oxygen atoms in total. The van der Waals surface area contributed by atoms with Gasteiger partial charge in [-0.3, -0.25) is 0 Å². The third-order valence-corrected chi connectivity index (χ3v) is 6.64. The Morgan fingerprint density at radius 3 is 2.06 bits per heavy atom. The van der Waals surface area contributed by atoms with Crippen LogP contribution in [0.5, 0.6) is 0 Å². The van der Waals surface area contributed by atoms with E-state index in [1.54, 1.807) is 0 Å². The molecular weight excluding hydrogens is 512 g/mol. The molecule has 0 spiro atoms. The van der Waals surface area contributed by atoms with Crippen LogP contribution in [0.4, 0.5) is 0 Å². The molecule has 154 valence electrons. The number of benzene rings is 4. The van der Waals surface area contributed by atoms with Crippen LogP contribution in [0.15, 0.2) is 93.9 Å². The van der Waals surface area contributed by atoms with Crippen molar-refractivity contribution in [3.05, 3.63) is 93.9 Å². The topological polar surface area (TPSA) is 20.7 Å². The van der Waals surface area contributed by atoms with Gasteiger partial charge in [-0.2, -0.15) is 0 Å². The van der Waals surface area contributed by atoms with Gasteiger partial charge in [0.25, 0.3) is 0 Å². The molecule has 2 heterocycles. The monoisotopic (exact) mass is 532 g/mol. The van der Waals surface area contributed by atoms with Crippen LogP contribution in [-0.4, -0.2) is 9.55 Å². The molecule has 0 amide bonds. The van der Waals surface area contributed by atoms with E-state index in [1.807, 2.05) is 6.07 Å². The average Bonchev–Trinajstić information content (AvgIpc) is 3.30. The Balaban J connectivity index is 0.000000134. The van der Waals surface area contributed by atoms with Gasteiger partial charge in [0.15, 0.2) is 0 Å². The van der Waals surface area contributed by atoms with E-state index in [0.29, 0.717) is 0 Å². The molecule has 0 atom stereocenters. The maximum absolute atomic E-state index is 3.56. The van der Waals surface area contributed by atoms with E-state index >= 15 is 0 Å². The third kappa shape index (κ3) is 3.79. The Morgan fingerprint density at radius 2 is 1.26 bits per heavy atom. The maximum Gasteiger partial charge on any atom is 0.0492 e. The van der Waals surface area contributed by atoms with Gasteiger partial charge in [0.2, 0.25) is 0 Å². The number of aryl methyl sites for hydroxylation is 1. The van der Waals surface area contributed by atoms with E-state index in [4.69, 9.17) is 0 Å². The molecule has 0 aliphatic carbocycles. The lowest BCUT2D eigenvalue weighted by Gasteiger charge is -2.04. The number of hydrogen-bond acceptors (Lipinski definition) is 0. The van der Waals surface area contributed by atoms with Crippen molar-refractivity contribution < 1.29 is 0 Å². The van der Waals surface area contributed by atoms with Gasteiger partial charge in [-0.25, -0.2) is 0 Å². The van der Waals surface area contributed by atoms with Crippen molar-refractivity contribution in [3.63, 3.8) is 0 Å². The summed E-state index contributed by atoms with van der Waals surface area (Å²) in [6.07, 6.45) is 1.16. The molecule has 0 radical (unpaired) electrons. The van der Waals surface area contributed by atoms with Gasteiger partial charge in [0.05, 0.1) is 0 Å². The van der Waals surface area contributed by atoms with Gasteiger partial charge < -0.3 is 9.55 Å². The molecule has 6 rings (SSSR count). The maximum atomic E-state index is 3.56. The van der Waals surface area contributed by atoms with E-state index in [9.17, 15) is 0 Å². The van der Waals surface area contributed by atoms with Gasteiger partial charge in [0, 0.05) is 59.1 Å². The second kappa shape index (κ2) is 8.52. The van der Waals surface area contributed by atoms with Crippen LogP contribution >= 0.6 is 31.9 Å². The highest BCUT2D eigenvalue weighted by molar-refractivity contribution is 9.10. The summed E-state index contributed by atoms with van der Waals surface area (Å²) in [5.41, 5.74) is 5.05. The molecule has 0 aliphatic rings. The summed E-state index contributed by atoms with van der Waals surface area (Å²) in [6.45, 7) is 3.30. The predicted octanol–water partition coefficient (Wildman–Crippen LogP) is 9.05. The zero-order chi connectivity index (χ0) is 21.4. The lowest BCUT2D eigenvalue weighted by Crippen LogP contribution is -1.95. The Labute approximate surface area is 198 Å². The molecule has 4 aromatic carbocycles. The SMILES string of the molecule is Brc1ccc2[nH]c3ccccc3c2c1.CCCn1c2ccccc2c2cc(Br)ccc21. The van der Waals surface area contributed by atoms with Crippen molar-refractivity contribution in [1.82, 2.24) is 9.55 Å². The van der Waals surface area contributed by atoms with Crippen LogP contribution in [0.1, 0.15) is 13.3 Å². The summed E-state index contributed by atoms with van der Waals surface area (Å²) in [6, 6.07) is 29.8. The zero-order valence-corrected chi connectivity index (χ0v) is 20.4. The van der Waals surface area contributed by atoms with E-state index in [1.165, 1.54) is 43.6 Å². The second-order valence-corrected chi connectivity index (χ2v) is 9.52. The van der Waals surface area contributed by atoms with Crippen LogP contribution < -0.4 is 0 Å². The molecule has 6 aromatic rings. The van der Waals surface area contributed by atoms with Crippen molar-refractivity contribution >= 4 is 75.5 Å². The normalized spacial score (nSPS) is 11.3. The minimum absolute atomic E-state index is 1.08. The minimum Gasteiger partial charge on any atom is -0.355 e. The summed E-state index contributed by atoms with van der Waals surface area (Å²) in [5, 5.41) is 5.24. The summed E-state index contributed by atoms with van der Waals surface area (Å²) >= 11 is 7.05. The first-order valence-electron chi connectivity index (χ1n) is 10.5. The van der Waals surface area contributed by atoms with Gasteiger partial charge in [-0.05, 0) is 55.0 Å². The molecule has 0 saturated heterocycles. The summed E-state index contributed by atoms with van der Waals surface area (Å²) in [5.74, 6) is 0. The van der Waals surface area contributed by atoms with E-state index in [-0.39, 0.29) is 0 Å². The van der Waals surface area contributed by atoms with Crippen molar-refractivity contribution in [3.8, 4) is 0 Å². The van der Waals surface area contributed by atoms with E-state index < -0.39 is 0 Å². The smallest absolute Gasteiger partial charge is 0.0492 e. The van der Waals surface area contributed by atoms with Crippen molar-refractivity contribution in [1.29, 1.82) is 0 Å². The zero-order valence-electron chi connectivity index (χ0n) is 17.2. The van der Waals surface area contributed by atoms with Crippen LogP contribution in [0.25, 0.3) is 43.6 Å². The minimum atomic E-state index is 1.08. The first kappa shape index (κ1) is 20.3. The highest BCUT2D eigenvalue weighted by Gasteiger charge is 2.09. The largest absolute Gasteiger partial charge is 0.355 e. The number of fused-ring (bicyclic) bond motifs is 6. The molecule has 1 N–H and O–H groups in total. The molecule has 0 bridgehead atoms. The third-order valence-electron chi connectivity index (χ3n) is 5.65. The number of halogens is 2. The fourth-order valence-electron chi connectivity index (χ4n) is 4.31. The van der Waals surface area contributed by atoms with E-state index in [0.717, 1.165) is 21.9 Å². The fourth-order valence-corrected chi connectivity index (χ4v) is 5.03. The van der Waals surface area contributed by atoms with Gasteiger partial charge in [-0.1, -0.05) is 75.2 Å². The number of rotatable bonds is 2. The predicted molar refractivity (Wildman–Crippen MR) is 141 cm³/mol.